The Bertz CT molecular complexity index is 1420. The van der Waals surface area contributed by atoms with Gasteiger partial charge in [-0.1, -0.05) is 54.1 Å². The number of methoxy groups -OCH3 is 2. The highest BCUT2D eigenvalue weighted by atomic mass is 16.5. The highest BCUT2D eigenvalue weighted by molar-refractivity contribution is 5.87. The summed E-state index contributed by atoms with van der Waals surface area (Å²) in [5.74, 6) is 1.19. The molecule has 40 heavy (non-hydrogen) atoms. The van der Waals surface area contributed by atoms with E-state index < -0.39 is 0 Å². The lowest BCUT2D eigenvalue weighted by atomic mass is 9.87. The van der Waals surface area contributed by atoms with Crippen LogP contribution in [-0.2, 0) is 16.1 Å². The number of rotatable bonds is 11. The van der Waals surface area contributed by atoms with Crippen molar-refractivity contribution in [1.29, 1.82) is 0 Å². The Morgan fingerprint density at radius 1 is 0.975 bits per heavy atom. The number of nitrogens with one attached hydrogen (secondary N) is 1. The molecule has 1 aliphatic rings. The summed E-state index contributed by atoms with van der Waals surface area (Å²) in [7, 11) is 3.28. The maximum atomic E-state index is 13.4. The van der Waals surface area contributed by atoms with Crippen molar-refractivity contribution in [1.82, 2.24) is 14.8 Å². The van der Waals surface area contributed by atoms with Crippen molar-refractivity contribution in [2.45, 2.75) is 25.8 Å². The third-order valence-corrected chi connectivity index (χ3v) is 7.72. The van der Waals surface area contributed by atoms with E-state index in [1.54, 1.807) is 14.2 Å². The van der Waals surface area contributed by atoms with Gasteiger partial charge in [-0.25, -0.2) is 0 Å². The molecule has 1 amide bonds. The molecular formula is C33H39N3O4. The second-order valence-electron chi connectivity index (χ2n) is 10.4. The fourth-order valence-electron chi connectivity index (χ4n) is 5.49. The molecule has 5 rings (SSSR count). The molecule has 1 aliphatic heterocycles. The molecule has 4 aromatic rings. The summed E-state index contributed by atoms with van der Waals surface area (Å²) in [4.78, 5) is 15.7. The van der Waals surface area contributed by atoms with Crippen molar-refractivity contribution in [2.75, 3.05) is 53.6 Å². The van der Waals surface area contributed by atoms with E-state index in [1.807, 2.05) is 18.2 Å². The van der Waals surface area contributed by atoms with E-state index in [2.05, 4.69) is 76.4 Å². The monoisotopic (exact) mass is 541 g/mol. The van der Waals surface area contributed by atoms with Crippen molar-refractivity contribution >= 4 is 16.8 Å². The van der Waals surface area contributed by atoms with Crippen LogP contribution in [0.25, 0.3) is 10.9 Å². The third kappa shape index (κ3) is 6.49. The minimum atomic E-state index is -0.160. The van der Waals surface area contributed by atoms with Gasteiger partial charge >= 0.3 is 0 Å². The first-order valence-corrected chi connectivity index (χ1v) is 14.0. The SMILES string of the molecule is COc1ccc([C@@H](CC(=O)NCCN2CCOCC2)c2cn(Cc3ccc(C)cc3)c3ccccc23)cc1OC. The van der Waals surface area contributed by atoms with Gasteiger partial charge in [0.15, 0.2) is 11.5 Å². The highest BCUT2D eigenvalue weighted by Crippen LogP contribution is 2.38. The van der Waals surface area contributed by atoms with Gasteiger partial charge in [-0.2, -0.15) is 0 Å². The van der Waals surface area contributed by atoms with E-state index in [0.29, 0.717) is 24.5 Å². The Labute approximate surface area is 236 Å². The molecule has 1 saturated heterocycles. The zero-order valence-electron chi connectivity index (χ0n) is 23.7. The zero-order chi connectivity index (χ0) is 27.9. The number of amides is 1. The Morgan fingerprint density at radius 2 is 1.73 bits per heavy atom. The molecule has 2 heterocycles. The van der Waals surface area contributed by atoms with E-state index >= 15 is 0 Å². The predicted octanol–water partition coefficient (Wildman–Crippen LogP) is 4.99. The standard InChI is InChI=1S/C33H39N3O4/c1-24-8-10-25(11-9-24)22-36-23-29(27-6-4-5-7-30(27)36)28(26-12-13-31(38-2)32(20-26)39-3)21-33(37)34-14-15-35-16-18-40-19-17-35/h4-13,20,23,28H,14-19,21-22H2,1-3H3,(H,34,37)/t28-/m1/s1. The number of hydrogen-bond acceptors (Lipinski definition) is 5. The minimum absolute atomic E-state index is 0.0309. The molecule has 1 aromatic heterocycles. The first-order chi connectivity index (χ1) is 19.6. The molecule has 7 nitrogen and oxygen atoms in total. The van der Waals surface area contributed by atoms with Crippen LogP contribution in [0.2, 0.25) is 0 Å². The van der Waals surface area contributed by atoms with Crippen LogP contribution in [0.4, 0.5) is 0 Å². The van der Waals surface area contributed by atoms with Crippen molar-refractivity contribution in [3.8, 4) is 11.5 Å². The average molecular weight is 542 g/mol. The van der Waals surface area contributed by atoms with Gasteiger partial charge in [-0.15, -0.1) is 0 Å². The summed E-state index contributed by atoms with van der Waals surface area (Å²) >= 11 is 0. The first-order valence-electron chi connectivity index (χ1n) is 14.0. The van der Waals surface area contributed by atoms with E-state index in [4.69, 9.17) is 14.2 Å². The summed E-state index contributed by atoms with van der Waals surface area (Å²) in [5.41, 5.74) is 5.77. The molecule has 0 aliphatic carbocycles. The molecule has 1 N–H and O–H groups in total. The molecule has 210 valence electrons. The number of carbonyl (C=O) groups is 1. The van der Waals surface area contributed by atoms with Gasteiger partial charge in [0.1, 0.15) is 0 Å². The number of morpholine rings is 1. The second-order valence-corrected chi connectivity index (χ2v) is 10.4. The molecule has 1 fully saturated rings. The molecule has 1 atom stereocenters. The van der Waals surface area contributed by atoms with Crippen LogP contribution < -0.4 is 14.8 Å². The Kier molecular flexibility index (Phi) is 9.04. The number of carbonyl (C=O) groups excluding carboxylic acids is 1. The average Bonchev–Trinajstić information content (AvgIpc) is 3.35. The molecule has 0 radical (unpaired) electrons. The zero-order valence-corrected chi connectivity index (χ0v) is 23.7. The summed E-state index contributed by atoms with van der Waals surface area (Å²) in [6.45, 7) is 7.62. The number of aryl methyl sites for hydroxylation is 1. The Hall–Kier alpha value is -3.81. The molecule has 0 saturated carbocycles. The third-order valence-electron chi connectivity index (χ3n) is 7.72. The predicted molar refractivity (Wildman–Crippen MR) is 158 cm³/mol. The molecular weight excluding hydrogens is 502 g/mol. The van der Waals surface area contributed by atoms with Crippen LogP contribution in [-0.4, -0.2) is 69.0 Å². The number of ether oxygens (including phenoxy) is 3. The van der Waals surface area contributed by atoms with Crippen LogP contribution in [0.15, 0.2) is 72.9 Å². The molecule has 0 spiro atoms. The quantitative estimate of drug-likeness (QED) is 0.290. The summed E-state index contributed by atoms with van der Waals surface area (Å²) in [6, 6.07) is 23.1. The van der Waals surface area contributed by atoms with Crippen LogP contribution in [0, 0.1) is 6.92 Å². The van der Waals surface area contributed by atoms with Gasteiger partial charge in [0.25, 0.3) is 0 Å². The number of hydrogen-bond donors (Lipinski definition) is 1. The van der Waals surface area contributed by atoms with Crippen LogP contribution in [0.1, 0.15) is 34.6 Å². The number of aromatic nitrogens is 1. The largest absolute Gasteiger partial charge is 0.493 e. The van der Waals surface area contributed by atoms with E-state index in [-0.39, 0.29) is 11.8 Å². The van der Waals surface area contributed by atoms with E-state index in [0.717, 1.165) is 61.4 Å². The lowest BCUT2D eigenvalue weighted by molar-refractivity contribution is -0.121. The normalized spacial score (nSPS) is 14.7. The van der Waals surface area contributed by atoms with E-state index in [1.165, 1.54) is 11.1 Å². The smallest absolute Gasteiger partial charge is 0.220 e. The maximum Gasteiger partial charge on any atom is 0.220 e. The maximum absolute atomic E-state index is 13.4. The highest BCUT2D eigenvalue weighted by Gasteiger charge is 2.24. The lowest BCUT2D eigenvalue weighted by Gasteiger charge is -2.26. The van der Waals surface area contributed by atoms with Gasteiger partial charge in [-0.05, 0) is 41.8 Å². The van der Waals surface area contributed by atoms with Gasteiger partial charge in [0.05, 0.1) is 27.4 Å². The minimum Gasteiger partial charge on any atom is -0.493 e. The summed E-state index contributed by atoms with van der Waals surface area (Å²) < 4.78 is 18.9. The number of nitrogens with zero attached hydrogens (tertiary/aromatic N) is 2. The summed E-state index contributed by atoms with van der Waals surface area (Å²) in [6.07, 6.45) is 2.55. The van der Waals surface area contributed by atoms with Crippen LogP contribution >= 0.6 is 0 Å². The van der Waals surface area contributed by atoms with Gasteiger partial charge < -0.3 is 24.1 Å². The Morgan fingerprint density at radius 3 is 2.48 bits per heavy atom. The number of benzene rings is 3. The first kappa shape index (κ1) is 27.7. The van der Waals surface area contributed by atoms with Gasteiger partial charge in [-0.3, -0.25) is 9.69 Å². The molecule has 0 unspecified atom stereocenters. The van der Waals surface area contributed by atoms with Crippen molar-refractivity contribution in [2.24, 2.45) is 0 Å². The topological polar surface area (TPSA) is 65.0 Å². The molecule has 3 aromatic carbocycles. The molecule has 0 bridgehead atoms. The number of para-hydroxylation sites is 1. The van der Waals surface area contributed by atoms with Crippen LogP contribution in [0.5, 0.6) is 11.5 Å². The fraction of sp³-hybridized carbons (Fsp3) is 0.364. The lowest BCUT2D eigenvalue weighted by Crippen LogP contribution is -2.41. The number of fused-ring (bicyclic) bond motifs is 1. The van der Waals surface area contributed by atoms with Gasteiger partial charge in [0, 0.05) is 62.2 Å². The van der Waals surface area contributed by atoms with Crippen LogP contribution in [0.3, 0.4) is 0 Å². The van der Waals surface area contributed by atoms with Crippen molar-refractivity contribution < 1.29 is 19.0 Å². The second kappa shape index (κ2) is 13.0. The van der Waals surface area contributed by atoms with E-state index in [9.17, 15) is 4.79 Å². The van der Waals surface area contributed by atoms with Crippen molar-refractivity contribution in [3.63, 3.8) is 0 Å². The molecule has 7 heteroatoms. The summed E-state index contributed by atoms with van der Waals surface area (Å²) in [5, 5.41) is 4.32. The van der Waals surface area contributed by atoms with Gasteiger partial charge in [0.2, 0.25) is 5.91 Å². The Balaban J connectivity index is 1.46. The fourth-order valence-corrected chi connectivity index (χ4v) is 5.49. The van der Waals surface area contributed by atoms with Crippen molar-refractivity contribution in [3.05, 3.63) is 95.2 Å².